The van der Waals surface area contributed by atoms with Gasteiger partial charge in [-0.05, 0) is 12.1 Å². The maximum atomic E-state index is 13.6. The van der Waals surface area contributed by atoms with Crippen molar-refractivity contribution in [1.82, 2.24) is 9.88 Å². The number of aromatic nitrogens is 1. The first kappa shape index (κ1) is 13.9. The van der Waals surface area contributed by atoms with Crippen molar-refractivity contribution in [3.05, 3.63) is 30.3 Å². The van der Waals surface area contributed by atoms with Crippen LogP contribution < -0.4 is 0 Å². The Labute approximate surface area is 119 Å². The molecule has 112 valence electrons. The zero-order chi connectivity index (χ0) is 15.0. The van der Waals surface area contributed by atoms with Gasteiger partial charge in [-0.15, -0.1) is 0 Å². The molecule has 0 spiro atoms. The molecule has 1 fully saturated rings. The van der Waals surface area contributed by atoms with E-state index in [1.807, 2.05) is 0 Å². The maximum absolute atomic E-state index is 13.6. The molecular formula is C14H14F2N2O3. The van der Waals surface area contributed by atoms with E-state index in [4.69, 9.17) is 9.52 Å². The van der Waals surface area contributed by atoms with Gasteiger partial charge in [-0.3, -0.25) is 14.7 Å². The Kier molecular flexibility index (Phi) is 3.36. The molecule has 1 aliphatic heterocycles. The SMILES string of the molecule is O=C(O)C1CN(Cc2cc3cnccc3o2)CC(F)(F)C1. The minimum absolute atomic E-state index is 0.0974. The van der Waals surface area contributed by atoms with Gasteiger partial charge in [0.15, 0.2) is 0 Å². The minimum atomic E-state index is -2.99. The van der Waals surface area contributed by atoms with Gasteiger partial charge in [-0.2, -0.15) is 0 Å². The second kappa shape index (κ2) is 5.07. The van der Waals surface area contributed by atoms with Gasteiger partial charge in [0, 0.05) is 30.7 Å². The summed E-state index contributed by atoms with van der Waals surface area (Å²) < 4.78 is 32.8. The molecule has 3 heterocycles. The number of alkyl halides is 2. The van der Waals surface area contributed by atoms with E-state index in [1.54, 1.807) is 24.5 Å². The summed E-state index contributed by atoms with van der Waals surface area (Å²) in [5.74, 6) is -4.71. The van der Waals surface area contributed by atoms with Crippen LogP contribution in [0.15, 0.2) is 28.9 Å². The summed E-state index contributed by atoms with van der Waals surface area (Å²) in [6.07, 6.45) is 2.61. The maximum Gasteiger partial charge on any atom is 0.308 e. The van der Waals surface area contributed by atoms with Crippen LogP contribution in [0.2, 0.25) is 0 Å². The number of aliphatic carboxylic acids is 1. The predicted octanol–water partition coefficient (Wildman–Crippen LogP) is 2.37. The van der Waals surface area contributed by atoms with Gasteiger partial charge in [0.2, 0.25) is 0 Å². The number of carboxylic acid groups (broad SMARTS) is 1. The molecule has 1 atom stereocenters. The van der Waals surface area contributed by atoms with Crippen LogP contribution in [0.3, 0.4) is 0 Å². The zero-order valence-corrected chi connectivity index (χ0v) is 11.1. The van der Waals surface area contributed by atoms with E-state index >= 15 is 0 Å². The topological polar surface area (TPSA) is 66.6 Å². The third-order valence-electron chi connectivity index (χ3n) is 3.57. The number of halogens is 2. The summed E-state index contributed by atoms with van der Waals surface area (Å²) in [5, 5.41) is 9.77. The summed E-state index contributed by atoms with van der Waals surface area (Å²) in [6, 6.07) is 3.44. The van der Waals surface area contributed by atoms with Crippen molar-refractivity contribution in [1.29, 1.82) is 0 Å². The number of likely N-dealkylation sites (tertiary alicyclic amines) is 1. The predicted molar refractivity (Wildman–Crippen MR) is 70.0 cm³/mol. The van der Waals surface area contributed by atoms with Crippen LogP contribution in [0.5, 0.6) is 0 Å². The van der Waals surface area contributed by atoms with Gasteiger partial charge in [-0.25, -0.2) is 8.78 Å². The lowest BCUT2D eigenvalue weighted by molar-refractivity contribution is -0.153. The van der Waals surface area contributed by atoms with Crippen molar-refractivity contribution in [2.75, 3.05) is 13.1 Å². The molecule has 2 aromatic rings. The number of piperidine rings is 1. The molecule has 0 aliphatic carbocycles. The van der Waals surface area contributed by atoms with Crippen LogP contribution in [0.4, 0.5) is 8.78 Å². The fraction of sp³-hybridized carbons (Fsp3) is 0.429. The number of carboxylic acids is 1. The zero-order valence-electron chi connectivity index (χ0n) is 11.1. The van der Waals surface area contributed by atoms with Crippen molar-refractivity contribution < 1.29 is 23.1 Å². The molecule has 0 bridgehead atoms. The number of hydrogen-bond donors (Lipinski definition) is 1. The highest BCUT2D eigenvalue weighted by molar-refractivity contribution is 5.76. The minimum Gasteiger partial charge on any atom is -0.481 e. The lowest BCUT2D eigenvalue weighted by atomic mass is 9.95. The van der Waals surface area contributed by atoms with Gasteiger partial charge in [0.05, 0.1) is 19.0 Å². The van der Waals surface area contributed by atoms with E-state index in [0.717, 1.165) is 5.39 Å². The highest BCUT2D eigenvalue weighted by Crippen LogP contribution is 2.32. The fourth-order valence-electron chi connectivity index (χ4n) is 2.72. The molecule has 0 amide bonds. The lowest BCUT2D eigenvalue weighted by Gasteiger charge is -2.35. The molecule has 1 N–H and O–H groups in total. The number of furan rings is 1. The van der Waals surface area contributed by atoms with E-state index < -0.39 is 30.8 Å². The molecule has 7 heteroatoms. The monoisotopic (exact) mass is 296 g/mol. The summed E-state index contributed by atoms with van der Waals surface area (Å²) in [4.78, 5) is 16.4. The largest absolute Gasteiger partial charge is 0.481 e. The van der Waals surface area contributed by atoms with E-state index in [2.05, 4.69) is 4.98 Å². The summed E-state index contributed by atoms with van der Waals surface area (Å²) >= 11 is 0. The quantitative estimate of drug-likeness (QED) is 0.942. The van der Waals surface area contributed by atoms with Crippen LogP contribution in [0.25, 0.3) is 11.0 Å². The Morgan fingerprint density at radius 2 is 2.38 bits per heavy atom. The Morgan fingerprint density at radius 3 is 3.10 bits per heavy atom. The highest BCUT2D eigenvalue weighted by atomic mass is 19.3. The third kappa shape index (κ3) is 3.02. The smallest absolute Gasteiger partial charge is 0.308 e. The Morgan fingerprint density at radius 1 is 1.57 bits per heavy atom. The molecule has 0 aromatic carbocycles. The van der Waals surface area contributed by atoms with Crippen LogP contribution in [-0.4, -0.2) is 40.0 Å². The third-order valence-corrected chi connectivity index (χ3v) is 3.57. The van der Waals surface area contributed by atoms with Crippen molar-refractivity contribution in [3.63, 3.8) is 0 Å². The molecular weight excluding hydrogens is 282 g/mol. The first-order chi connectivity index (χ1) is 9.93. The van der Waals surface area contributed by atoms with Gasteiger partial charge >= 0.3 is 5.97 Å². The number of carbonyl (C=O) groups is 1. The van der Waals surface area contributed by atoms with E-state index in [0.29, 0.717) is 11.3 Å². The molecule has 0 saturated carbocycles. The van der Waals surface area contributed by atoms with Gasteiger partial charge in [0.1, 0.15) is 11.3 Å². The number of hydrogen-bond acceptors (Lipinski definition) is 4. The summed E-state index contributed by atoms with van der Waals surface area (Å²) in [5.41, 5.74) is 0.638. The Balaban J connectivity index is 1.78. The molecule has 1 unspecified atom stereocenters. The number of pyridine rings is 1. The second-order valence-corrected chi connectivity index (χ2v) is 5.39. The van der Waals surface area contributed by atoms with Crippen molar-refractivity contribution in [2.24, 2.45) is 5.92 Å². The van der Waals surface area contributed by atoms with Crippen molar-refractivity contribution >= 4 is 16.9 Å². The summed E-state index contributed by atoms with van der Waals surface area (Å²) in [6.45, 7) is -0.194. The van der Waals surface area contributed by atoms with Gasteiger partial charge in [-0.1, -0.05) is 0 Å². The molecule has 1 aliphatic rings. The first-order valence-corrected chi connectivity index (χ1v) is 6.58. The Bertz CT molecular complexity index is 638. The highest BCUT2D eigenvalue weighted by Gasteiger charge is 2.43. The Hall–Kier alpha value is -2.02. The van der Waals surface area contributed by atoms with Crippen LogP contribution in [0, 0.1) is 5.92 Å². The number of nitrogens with zero attached hydrogens (tertiary/aromatic N) is 2. The van der Waals surface area contributed by atoms with Crippen LogP contribution in [-0.2, 0) is 11.3 Å². The van der Waals surface area contributed by atoms with Crippen molar-refractivity contribution in [2.45, 2.75) is 18.9 Å². The van der Waals surface area contributed by atoms with Crippen molar-refractivity contribution in [3.8, 4) is 0 Å². The average Bonchev–Trinajstić information content (AvgIpc) is 2.78. The molecule has 1 saturated heterocycles. The summed E-state index contributed by atoms with van der Waals surface area (Å²) in [7, 11) is 0. The van der Waals surface area contributed by atoms with E-state index in [1.165, 1.54) is 4.90 Å². The molecule has 2 aromatic heterocycles. The molecule has 21 heavy (non-hydrogen) atoms. The lowest BCUT2D eigenvalue weighted by Crippen LogP contribution is -2.48. The molecule has 3 rings (SSSR count). The fourth-order valence-corrected chi connectivity index (χ4v) is 2.72. The molecule has 0 radical (unpaired) electrons. The van der Waals surface area contributed by atoms with E-state index in [-0.39, 0.29) is 13.1 Å². The van der Waals surface area contributed by atoms with E-state index in [9.17, 15) is 13.6 Å². The van der Waals surface area contributed by atoms with Crippen LogP contribution >= 0.6 is 0 Å². The second-order valence-electron chi connectivity index (χ2n) is 5.39. The van der Waals surface area contributed by atoms with Crippen LogP contribution in [0.1, 0.15) is 12.2 Å². The number of fused-ring (bicyclic) bond motifs is 1. The number of rotatable bonds is 3. The average molecular weight is 296 g/mol. The first-order valence-electron chi connectivity index (χ1n) is 6.58. The van der Waals surface area contributed by atoms with Gasteiger partial charge < -0.3 is 9.52 Å². The normalized spacial score (nSPS) is 22.5. The molecule has 5 nitrogen and oxygen atoms in total. The van der Waals surface area contributed by atoms with Gasteiger partial charge in [0.25, 0.3) is 5.92 Å². The standard InChI is InChI=1S/C14H14F2N2O3/c15-14(16)4-10(13(19)20)6-18(8-14)7-11-3-9-5-17-2-1-12(9)21-11/h1-3,5,10H,4,6-8H2,(H,19,20).